The Balaban J connectivity index is 1.42. The largest absolute Gasteiger partial charge is 0.404 e. The van der Waals surface area contributed by atoms with Crippen LogP contribution in [0.3, 0.4) is 0 Å². The summed E-state index contributed by atoms with van der Waals surface area (Å²) < 4.78 is 0. The molecule has 3 N–H and O–H groups in total. The summed E-state index contributed by atoms with van der Waals surface area (Å²) in [6.45, 7) is 18.3. The Bertz CT molecular complexity index is 1180. The van der Waals surface area contributed by atoms with Crippen molar-refractivity contribution in [3.05, 3.63) is 101 Å². The van der Waals surface area contributed by atoms with E-state index in [2.05, 4.69) is 66.1 Å². The fraction of sp³-hybridized carbons (Fsp3) is 0.276. The Hall–Kier alpha value is -3.53. The lowest BCUT2D eigenvalue weighted by Gasteiger charge is -2.25. The zero-order chi connectivity index (χ0) is 23.5. The molecule has 4 rings (SSSR count). The van der Waals surface area contributed by atoms with E-state index in [4.69, 9.17) is 5.73 Å². The van der Waals surface area contributed by atoms with Crippen molar-refractivity contribution < 1.29 is 0 Å². The van der Waals surface area contributed by atoms with Crippen molar-refractivity contribution in [1.82, 2.24) is 4.90 Å². The van der Waals surface area contributed by atoms with Crippen LogP contribution in [0.15, 0.2) is 78.2 Å². The molecule has 4 nitrogen and oxygen atoms in total. The van der Waals surface area contributed by atoms with Gasteiger partial charge in [-0.05, 0) is 78.6 Å². The molecule has 0 spiro atoms. The molecular weight excluding hydrogens is 404 g/mol. The van der Waals surface area contributed by atoms with Crippen LogP contribution in [-0.4, -0.2) is 24.2 Å². The molecule has 170 valence electrons. The standard InChI is InChI=1S/C29H34N4/c1-19(2)33(13-12-24-8-11-27-20(3)6-10-28(27)22(24)5)18-23(16-30)17-31-26-9-7-25-14-21(4)32-29(25)15-26/h7-9,11,15-17,32H,1,3-4,6,10,12-14,18,30H2,2,5H3. The highest BCUT2D eigenvalue weighted by Crippen LogP contribution is 2.34. The van der Waals surface area contributed by atoms with Crippen LogP contribution in [0.2, 0.25) is 0 Å². The van der Waals surface area contributed by atoms with E-state index in [-0.39, 0.29) is 0 Å². The highest BCUT2D eigenvalue weighted by Gasteiger charge is 2.18. The first kappa shape index (κ1) is 22.7. The quantitative estimate of drug-likeness (QED) is 0.493. The van der Waals surface area contributed by atoms with Gasteiger partial charge >= 0.3 is 0 Å². The van der Waals surface area contributed by atoms with Crippen LogP contribution < -0.4 is 11.1 Å². The molecule has 0 aromatic heterocycles. The summed E-state index contributed by atoms with van der Waals surface area (Å²) in [5.41, 5.74) is 19.1. The molecule has 2 aromatic rings. The van der Waals surface area contributed by atoms with Gasteiger partial charge in [0.2, 0.25) is 0 Å². The van der Waals surface area contributed by atoms with Crippen LogP contribution in [0.1, 0.15) is 41.2 Å². The van der Waals surface area contributed by atoms with E-state index in [0.717, 1.165) is 60.6 Å². The normalized spacial score (nSPS) is 15.0. The summed E-state index contributed by atoms with van der Waals surface area (Å²) in [5, 5.41) is 3.31. The van der Waals surface area contributed by atoms with E-state index in [1.54, 1.807) is 6.20 Å². The fourth-order valence-corrected chi connectivity index (χ4v) is 4.69. The van der Waals surface area contributed by atoms with Gasteiger partial charge in [-0.1, -0.05) is 37.9 Å². The number of nitrogens with zero attached hydrogens (tertiary/aromatic N) is 2. The van der Waals surface area contributed by atoms with Crippen LogP contribution >= 0.6 is 0 Å². The van der Waals surface area contributed by atoms with Gasteiger partial charge in [-0.3, -0.25) is 4.99 Å². The lowest BCUT2D eigenvalue weighted by molar-refractivity contribution is 0.382. The molecule has 1 aliphatic heterocycles. The van der Waals surface area contributed by atoms with Gasteiger partial charge in [0, 0.05) is 54.6 Å². The van der Waals surface area contributed by atoms with E-state index in [0.29, 0.717) is 6.54 Å². The highest BCUT2D eigenvalue weighted by molar-refractivity contribution is 5.82. The number of aliphatic imine (C=N–C) groups is 1. The third kappa shape index (κ3) is 4.95. The molecular formula is C29H34N4. The lowest BCUT2D eigenvalue weighted by atomic mass is 9.96. The lowest BCUT2D eigenvalue weighted by Crippen LogP contribution is -2.27. The minimum Gasteiger partial charge on any atom is -0.404 e. The first-order chi connectivity index (χ1) is 15.9. The maximum absolute atomic E-state index is 5.96. The zero-order valence-corrected chi connectivity index (χ0v) is 19.9. The molecule has 1 aliphatic carbocycles. The number of hydrogen-bond donors (Lipinski definition) is 2. The van der Waals surface area contributed by atoms with E-state index in [1.807, 2.05) is 19.2 Å². The second-order valence-electron chi connectivity index (χ2n) is 9.13. The highest BCUT2D eigenvalue weighted by atomic mass is 15.1. The van der Waals surface area contributed by atoms with Crippen LogP contribution in [0, 0.1) is 6.92 Å². The van der Waals surface area contributed by atoms with Crippen LogP contribution in [0.4, 0.5) is 11.4 Å². The zero-order valence-electron chi connectivity index (χ0n) is 19.9. The van der Waals surface area contributed by atoms with Gasteiger partial charge in [0.15, 0.2) is 0 Å². The van der Waals surface area contributed by atoms with Crippen molar-refractivity contribution in [3.63, 3.8) is 0 Å². The smallest absolute Gasteiger partial charge is 0.0650 e. The molecule has 0 radical (unpaired) electrons. The minimum absolute atomic E-state index is 0.677. The Morgan fingerprint density at radius 2 is 2.03 bits per heavy atom. The monoisotopic (exact) mass is 438 g/mol. The predicted octanol–water partition coefficient (Wildman–Crippen LogP) is 6.06. The second kappa shape index (κ2) is 9.53. The third-order valence-corrected chi connectivity index (χ3v) is 6.73. The number of anilines is 1. The molecule has 1 heterocycles. The van der Waals surface area contributed by atoms with E-state index < -0.39 is 0 Å². The van der Waals surface area contributed by atoms with E-state index in [9.17, 15) is 0 Å². The molecule has 2 aromatic carbocycles. The SMILES string of the molecule is C=C1Cc2ccc(N=CC(=CN)CN(CCc3ccc4c(c3C)CCC4=C)C(=C)C)cc2N1. The second-order valence-corrected chi connectivity index (χ2v) is 9.13. The molecule has 0 bridgehead atoms. The summed E-state index contributed by atoms with van der Waals surface area (Å²) >= 11 is 0. The van der Waals surface area contributed by atoms with E-state index >= 15 is 0 Å². The average molecular weight is 439 g/mol. The molecule has 0 fully saturated rings. The molecule has 0 saturated carbocycles. The predicted molar refractivity (Wildman–Crippen MR) is 142 cm³/mol. The first-order valence-corrected chi connectivity index (χ1v) is 11.6. The number of allylic oxidation sites excluding steroid dienone is 3. The van der Waals surface area contributed by atoms with Crippen LogP contribution in [0.25, 0.3) is 5.57 Å². The number of nitrogens with two attached hydrogens (primary N) is 1. The fourth-order valence-electron chi connectivity index (χ4n) is 4.69. The first-order valence-electron chi connectivity index (χ1n) is 11.6. The molecule has 33 heavy (non-hydrogen) atoms. The van der Waals surface area contributed by atoms with Crippen molar-refractivity contribution in [2.75, 3.05) is 18.4 Å². The van der Waals surface area contributed by atoms with Gasteiger partial charge in [0.1, 0.15) is 0 Å². The van der Waals surface area contributed by atoms with Gasteiger partial charge in [-0.25, -0.2) is 0 Å². The maximum Gasteiger partial charge on any atom is 0.0650 e. The Morgan fingerprint density at radius 1 is 1.21 bits per heavy atom. The number of rotatable bonds is 8. The van der Waals surface area contributed by atoms with Crippen molar-refractivity contribution in [2.45, 2.75) is 39.5 Å². The van der Waals surface area contributed by atoms with Crippen LogP contribution in [0.5, 0.6) is 0 Å². The average Bonchev–Trinajstić information content (AvgIpc) is 3.35. The number of nitrogens with one attached hydrogen (secondary N) is 1. The van der Waals surface area contributed by atoms with E-state index in [1.165, 1.54) is 33.4 Å². The van der Waals surface area contributed by atoms with Crippen molar-refractivity contribution in [1.29, 1.82) is 0 Å². The van der Waals surface area contributed by atoms with Gasteiger partial charge in [0.05, 0.1) is 5.69 Å². The minimum atomic E-state index is 0.677. The Morgan fingerprint density at radius 3 is 2.79 bits per heavy atom. The van der Waals surface area contributed by atoms with Gasteiger partial charge in [-0.15, -0.1) is 0 Å². The maximum atomic E-state index is 5.96. The summed E-state index contributed by atoms with van der Waals surface area (Å²) in [6.07, 6.45) is 7.53. The molecule has 0 atom stereocenters. The van der Waals surface area contributed by atoms with Crippen molar-refractivity contribution in [3.8, 4) is 0 Å². The van der Waals surface area contributed by atoms with Crippen molar-refractivity contribution >= 4 is 23.2 Å². The van der Waals surface area contributed by atoms with Crippen LogP contribution in [-0.2, 0) is 19.3 Å². The molecule has 4 heteroatoms. The number of fused-ring (bicyclic) bond motifs is 2. The van der Waals surface area contributed by atoms with Gasteiger partial charge in [0.25, 0.3) is 0 Å². The third-order valence-electron chi connectivity index (χ3n) is 6.73. The molecule has 2 aliphatic rings. The van der Waals surface area contributed by atoms with Gasteiger partial charge in [-0.2, -0.15) is 0 Å². The summed E-state index contributed by atoms with van der Waals surface area (Å²) in [5.74, 6) is 0. The van der Waals surface area contributed by atoms with Gasteiger partial charge < -0.3 is 16.0 Å². The van der Waals surface area contributed by atoms with Crippen molar-refractivity contribution in [2.24, 2.45) is 10.7 Å². The molecule has 0 amide bonds. The molecule has 0 unspecified atom stereocenters. The summed E-state index contributed by atoms with van der Waals surface area (Å²) in [7, 11) is 0. The summed E-state index contributed by atoms with van der Waals surface area (Å²) in [6, 6.07) is 10.7. The Labute approximate surface area is 197 Å². The Kier molecular flexibility index (Phi) is 6.55. The number of hydrogen-bond acceptors (Lipinski definition) is 4. The number of benzene rings is 2. The molecule has 0 saturated heterocycles. The summed E-state index contributed by atoms with van der Waals surface area (Å²) in [4.78, 5) is 6.93. The topological polar surface area (TPSA) is 53.6 Å².